The summed E-state index contributed by atoms with van der Waals surface area (Å²) in [7, 11) is 1.92. The Kier molecular flexibility index (Phi) is 4.25. The standard InChI is InChI=1S/C22H19N7/c1-29-13-18(11-26-29)15-2-4-19(5-3-15)27-22-20-12-23-7-6-16(20)8-21(28-22)17-9-24-14-25-10-17/h2-11,13-14,23H,12H2,1H3,(H,27,28). The maximum atomic E-state index is 4.86. The summed E-state index contributed by atoms with van der Waals surface area (Å²) in [6, 6.07) is 10.3. The van der Waals surface area contributed by atoms with Gasteiger partial charge in [-0.05, 0) is 41.6 Å². The zero-order valence-corrected chi connectivity index (χ0v) is 15.9. The maximum absolute atomic E-state index is 4.86. The molecule has 1 aliphatic rings. The van der Waals surface area contributed by atoms with E-state index < -0.39 is 0 Å². The molecule has 4 heterocycles. The fraction of sp³-hybridized carbons (Fsp3) is 0.0909. The lowest BCUT2D eigenvalue weighted by atomic mass is 10.0. The first kappa shape index (κ1) is 17.1. The number of benzene rings is 1. The first-order chi connectivity index (χ1) is 14.3. The summed E-state index contributed by atoms with van der Waals surface area (Å²) >= 11 is 0. The number of fused-ring (bicyclic) bond motifs is 1. The summed E-state index contributed by atoms with van der Waals surface area (Å²) < 4.78 is 1.80. The fourth-order valence-electron chi connectivity index (χ4n) is 3.37. The molecule has 7 heteroatoms. The summed E-state index contributed by atoms with van der Waals surface area (Å²) in [5, 5.41) is 11.0. The van der Waals surface area contributed by atoms with Gasteiger partial charge in [0, 0.05) is 54.6 Å². The van der Waals surface area contributed by atoms with Crippen molar-refractivity contribution in [3.63, 3.8) is 0 Å². The molecule has 0 fully saturated rings. The number of aryl methyl sites for hydroxylation is 1. The molecule has 7 nitrogen and oxygen atoms in total. The minimum atomic E-state index is 0.723. The third-order valence-electron chi connectivity index (χ3n) is 4.86. The summed E-state index contributed by atoms with van der Waals surface area (Å²) in [6.45, 7) is 0.723. The highest BCUT2D eigenvalue weighted by atomic mass is 15.2. The Labute approximate surface area is 168 Å². The van der Waals surface area contributed by atoms with Gasteiger partial charge < -0.3 is 10.6 Å². The Balaban J connectivity index is 1.49. The average Bonchev–Trinajstić information content (AvgIpc) is 3.21. The third-order valence-corrected chi connectivity index (χ3v) is 4.86. The molecule has 0 amide bonds. The van der Waals surface area contributed by atoms with Crippen molar-refractivity contribution >= 4 is 17.6 Å². The van der Waals surface area contributed by atoms with Crippen LogP contribution in [0.2, 0.25) is 0 Å². The lowest BCUT2D eigenvalue weighted by Crippen LogP contribution is -2.14. The zero-order valence-electron chi connectivity index (χ0n) is 15.9. The first-order valence-electron chi connectivity index (χ1n) is 9.31. The molecule has 29 heavy (non-hydrogen) atoms. The maximum Gasteiger partial charge on any atom is 0.136 e. The predicted octanol–water partition coefficient (Wildman–Crippen LogP) is 3.76. The van der Waals surface area contributed by atoms with E-state index in [9.17, 15) is 0 Å². The molecule has 3 aromatic heterocycles. The van der Waals surface area contributed by atoms with Crippen molar-refractivity contribution < 1.29 is 0 Å². The van der Waals surface area contributed by atoms with E-state index in [0.717, 1.165) is 51.6 Å². The lowest BCUT2D eigenvalue weighted by Gasteiger charge is -2.19. The van der Waals surface area contributed by atoms with Crippen molar-refractivity contribution in [1.82, 2.24) is 30.0 Å². The van der Waals surface area contributed by atoms with E-state index in [1.165, 1.54) is 6.33 Å². The second kappa shape index (κ2) is 7.20. The van der Waals surface area contributed by atoms with Crippen LogP contribution in [0.3, 0.4) is 0 Å². The Morgan fingerprint density at radius 1 is 1.00 bits per heavy atom. The third kappa shape index (κ3) is 3.45. The van der Waals surface area contributed by atoms with Crippen molar-refractivity contribution in [2.24, 2.45) is 7.05 Å². The number of nitrogens with zero attached hydrogens (tertiary/aromatic N) is 5. The highest BCUT2D eigenvalue weighted by Gasteiger charge is 2.15. The van der Waals surface area contributed by atoms with E-state index in [2.05, 4.69) is 62.1 Å². The summed E-state index contributed by atoms with van der Waals surface area (Å²) in [5.41, 5.74) is 7.18. The van der Waals surface area contributed by atoms with Crippen LogP contribution in [-0.2, 0) is 13.6 Å². The van der Waals surface area contributed by atoms with Crippen molar-refractivity contribution in [1.29, 1.82) is 0 Å². The molecule has 1 aromatic carbocycles. The van der Waals surface area contributed by atoms with Gasteiger partial charge in [0.05, 0.1) is 11.9 Å². The number of hydrogen-bond acceptors (Lipinski definition) is 6. The fourth-order valence-corrected chi connectivity index (χ4v) is 3.37. The molecule has 0 saturated carbocycles. The van der Waals surface area contributed by atoms with Crippen molar-refractivity contribution in [3.8, 4) is 22.4 Å². The monoisotopic (exact) mass is 381 g/mol. The number of hydrogen-bond donors (Lipinski definition) is 2. The van der Waals surface area contributed by atoms with E-state index in [-0.39, 0.29) is 0 Å². The van der Waals surface area contributed by atoms with Crippen LogP contribution in [0.15, 0.2) is 67.6 Å². The van der Waals surface area contributed by atoms with Gasteiger partial charge in [0.2, 0.25) is 0 Å². The van der Waals surface area contributed by atoms with E-state index in [4.69, 9.17) is 4.98 Å². The SMILES string of the molecule is Cn1cc(-c2ccc(Nc3nc(-c4cncnc4)cc4c3CNC=C4)cc2)cn1. The number of pyridine rings is 1. The van der Waals surface area contributed by atoms with Crippen LogP contribution < -0.4 is 10.6 Å². The Morgan fingerprint density at radius 2 is 1.83 bits per heavy atom. The molecular formula is C22H19N7. The summed E-state index contributed by atoms with van der Waals surface area (Å²) in [6.07, 6.45) is 13.0. The number of nitrogens with one attached hydrogen (secondary N) is 2. The van der Waals surface area contributed by atoms with Crippen LogP contribution in [0.25, 0.3) is 28.5 Å². The van der Waals surface area contributed by atoms with Crippen molar-refractivity contribution in [3.05, 3.63) is 78.8 Å². The van der Waals surface area contributed by atoms with Gasteiger partial charge in [0.15, 0.2) is 0 Å². The second-order valence-corrected chi connectivity index (χ2v) is 6.87. The summed E-state index contributed by atoms with van der Waals surface area (Å²) in [4.78, 5) is 13.1. The molecule has 142 valence electrons. The van der Waals surface area contributed by atoms with Crippen LogP contribution in [0.5, 0.6) is 0 Å². The molecule has 1 aliphatic heterocycles. The summed E-state index contributed by atoms with van der Waals surface area (Å²) in [5.74, 6) is 0.826. The Hall–Kier alpha value is -4.00. The van der Waals surface area contributed by atoms with Crippen LogP contribution in [0.1, 0.15) is 11.1 Å². The zero-order chi connectivity index (χ0) is 19.6. The normalized spacial score (nSPS) is 12.3. The highest BCUT2D eigenvalue weighted by Crippen LogP contribution is 2.30. The quantitative estimate of drug-likeness (QED) is 0.560. The molecule has 4 aromatic rings. The van der Waals surface area contributed by atoms with Gasteiger partial charge in [-0.3, -0.25) is 4.68 Å². The largest absolute Gasteiger partial charge is 0.387 e. The molecule has 0 atom stereocenters. The van der Waals surface area contributed by atoms with Crippen molar-refractivity contribution in [2.75, 3.05) is 5.32 Å². The highest BCUT2D eigenvalue weighted by molar-refractivity contribution is 5.74. The molecule has 2 N–H and O–H groups in total. The number of anilines is 2. The first-order valence-corrected chi connectivity index (χ1v) is 9.31. The smallest absolute Gasteiger partial charge is 0.136 e. The van der Waals surface area contributed by atoms with Gasteiger partial charge in [-0.15, -0.1) is 0 Å². The molecule has 0 bridgehead atoms. The van der Waals surface area contributed by atoms with E-state index in [1.807, 2.05) is 25.6 Å². The van der Waals surface area contributed by atoms with Gasteiger partial charge >= 0.3 is 0 Å². The van der Waals surface area contributed by atoms with Gasteiger partial charge in [-0.25, -0.2) is 15.0 Å². The number of aromatic nitrogens is 5. The van der Waals surface area contributed by atoms with E-state index >= 15 is 0 Å². The Bertz CT molecular complexity index is 1180. The van der Waals surface area contributed by atoms with Gasteiger partial charge in [-0.1, -0.05) is 12.1 Å². The van der Waals surface area contributed by atoms with E-state index in [1.54, 1.807) is 17.1 Å². The molecule has 0 radical (unpaired) electrons. The predicted molar refractivity (Wildman–Crippen MR) is 113 cm³/mol. The van der Waals surface area contributed by atoms with Gasteiger partial charge in [0.25, 0.3) is 0 Å². The minimum absolute atomic E-state index is 0.723. The molecular weight excluding hydrogens is 362 g/mol. The van der Waals surface area contributed by atoms with Crippen LogP contribution >= 0.6 is 0 Å². The van der Waals surface area contributed by atoms with E-state index in [0.29, 0.717) is 0 Å². The molecule has 0 saturated heterocycles. The number of rotatable bonds is 4. The van der Waals surface area contributed by atoms with Crippen LogP contribution in [0.4, 0.5) is 11.5 Å². The van der Waals surface area contributed by atoms with Gasteiger partial charge in [-0.2, -0.15) is 5.10 Å². The molecule has 5 rings (SSSR count). The topological polar surface area (TPSA) is 80.5 Å². The molecule has 0 unspecified atom stereocenters. The minimum Gasteiger partial charge on any atom is -0.387 e. The van der Waals surface area contributed by atoms with Crippen LogP contribution in [0, 0.1) is 0 Å². The lowest BCUT2D eigenvalue weighted by molar-refractivity contribution is 0.768. The average molecular weight is 381 g/mol. The van der Waals surface area contributed by atoms with Crippen molar-refractivity contribution in [2.45, 2.75) is 6.54 Å². The second-order valence-electron chi connectivity index (χ2n) is 6.87. The van der Waals surface area contributed by atoms with Crippen LogP contribution in [-0.4, -0.2) is 24.7 Å². The van der Waals surface area contributed by atoms with Gasteiger partial charge in [0.1, 0.15) is 12.1 Å². The molecule has 0 aliphatic carbocycles. The Morgan fingerprint density at radius 3 is 2.59 bits per heavy atom. The molecule has 0 spiro atoms.